The number of H-pyrrole nitrogens is 1. The van der Waals surface area contributed by atoms with E-state index in [2.05, 4.69) is 9.88 Å². The third-order valence-corrected chi connectivity index (χ3v) is 6.51. The van der Waals surface area contributed by atoms with Crippen LogP contribution in [0.1, 0.15) is 47.2 Å². The zero-order valence-electron chi connectivity index (χ0n) is 17.5. The van der Waals surface area contributed by atoms with Gasteiger partial charge in [-0.2, -0.15) is 0 Å². The first-order valence-corrected chi connectivity index (χ1v) is 10.9. The van der Waals surface area contributed by atoms with E-state index in [-0.39, 0.29) is 29.3 Å². The Kier molecular flexibility index (Phi) is 5.33. The van der Waals surface area contributed by atoms with Gasteiger partial charge in [0.15, 0.2) is 11.6 Å². The van der Waals surface area contributed by atoms with Crippen molar-refractivity contribution in [2.45, 2.75) is 38.1 Å². The van der Waals surface area contributed by atoms with E-state index in [1.54, 1.807) is 18.2 Å². The van der Waals surface area contributed by atoms with E-state index in [4.69, 9.17) is 4.74 Å². The Morgan fingerprint density at radius 1 is 1.22 bits per heavy atom. The van der Waals surface area contributed by atoms with Crippen molar-refractivity contribution in [3.8, 4) is 5.75 Å². The first kappa shape index (κ1) is 20.5. The van der Waals surface area contributed by atoms with Crippen LogP contribution in [0.15, 0.2) is 42.2 Å². The van der Waals surface area contributed by atoms with E-state index in [1.165, 1.54) is 12.1 Å². The predicted octanol–water partition coefficient (Wildman–Crippen LogP) is 5.36. The number of halogens is 2. The molecule has 2 N–H and O–H groups in total. The Labute approximate surface area is 184 Å². The second kappa shape index (κ2) is 8.30. The molecular formula is C25H24F2N2O3. The summed E-state index contributed by atoms with van der Waals surface area (Å²) < 4.78 is 33.6. The molecule has 2 aliphatic rings. The van der Waals surface area contributed by atoms with Gasteiger partial charge in [0.05, 0.1) is 11.3 Å². The van der Waals surface area contributed by atoms with Crippen LogP contribution in [0.5, 0.6) is 5.75 Å². The number of benzene rings is 2. The van der Waals surface area contributed by atoms with Crippen LogP contribution in [0.2, 0.25) is 0 Å². The van der Waals surface area contributed by atoms with Gasteiger partial charge in [0.25, 0.3) is 0 Å². The van der Waals surface area contributed by atoms with Crippen molar-refractivity contribution in [2.24, 2.45) is 0 Å². The summed E-state index contributed by atoms with van der Waals surface area (Å²) in [5, 5.41) is 10.4. The number of ether oxygens (including phenoxy) is 1. The molecule has 166 valence electrons. The molecule has 1 aromatic heterocycles. The normalized spacial score (nSPS) is 15.6. The number of nitrogens with one attached hydrogen (secondary N) is 1. The summed E-state index contributed by atoms with van der Waals surface area (Å²) in [7, 11) is 0. The average molecular weight is 438 g/mol. The van der Waals surface area contributed by atoms with E-state index >= 15 is 0 Å². The summed E-state index contributed by atoms with van der Waals surface area (Å²) in [6.07, 6.45) is 8.62. The Bertz CT molecular complexity index is 1210. The minimum atomic E-state index is -1.11. The Morgan fingerprint density at radius 2 is 2.06 bits per heavy atom. The molecule has 0 unspecified atom stereocenters. The molecule has 3 aromatic rings. The predicted molar refractivity (Wildman–Crippen MR) is 118 cm³/mol. The molecule has 0 radical (unpaired) electrons. The Morgan fingerprint density at radius 3 is 2.81 bits per heavy atom. The number of hydrogen-bond acceptors (Lipinski definition) is 3. The maximum Gasteiger partial charge on any atom is 0.336 e. The molecule has 0 spiro atoms. The minimum absolute atomic E-state index is 0.00280. The maximum absolute atomic E-state index is 14.2. The van der Waals surface area contributed by atoms with Crippen LogP contribution in [0, 0.1) is 11.6 Å². The molecule has 5 rings (SSSR count). The van der Waals surface area contributed by atoms with Gasteiger partial charge in [-0.25, -0.2) is 13.6 Å². The SMILES string of the molecule is O=C(O)c1ccc(F)c2c1C=C(N(CCCc1c[nH]c3ccc(F)cc13)C1CCC1)CO2. The summed E-state index contributed by atoms with van der Waals surface area (Å²) >= 11 is 0. The van der Waals surface area contributed by atoms with Crippen molar-refractivity contribution in [3.63, 3.8) is 0 Å². The number of rotatable bonds is 7. The fourth-order valence-corrected chi connectivity index (χ4v) is 4.63. The maximum atomic E-state index is 14.2. The lowest BCUT2D eigenvalue weighted by Gasteiger charge is -2.41. The molecule has 5 nitrogen and oxygen atoms in total. The van der Waals surface area contributed by atoms with Crippen molar-refractivity contribution in [1.82, 2.24) is 9.88 Å². The van der Waals surface area contributed by atoms with E-state index in [9.17, 15) is 18.7 Å². The molecule has 2 heterocycles. The zero-order chi connectivity index (χ0) is 22.2. The van der Waals surface area contributed by atoms with Gasteiger partial charge in [0.2, 0.25) is 0 Å². The second-order valence-corrected chi connectivity index (χ2v) is 8.45. The minimum Gasteiger partial charge on any atom is -0.484 e. The summed E-state index contributed by atoms with van der Waals surface area (Å²) in [5.74, 6) is -1.91. The number of carboxylic acid groups (broad SMARTS) is 1. The number of aromatic amines is 1. The second-order valence-electron chi connectivity index (χ2n) is 8.45. The van der Waals surface area contributed by atoms with Crippen LogP contribution >= 0.6 is 0 Å². The van der Waals surface area contributed by atoms with Gasteiger partial charge < -0.3 is 19.7 Å². The average Bonchev–Trinajstić information content (AvgIpc) is 3.13. The van der Waals surface area contributed by atoms with Gasteiger partial charge in [-0.3, -0.25) is 0 Å². The molecule has 1 fully saturated rings. The van der Waals surface area contributed by atoms with Crippen molar-refractivity contribution in [3.05, 3.63) is 70.6 Å². The standard InChI is InChI=1S/C25H24F2N2O3/c26-16-6-9-23-20(11-16)15(13-28-23)3-2-10-29(17-4-1-5-17)18-12-21-19(25(30)31)7-8-22(27)24(21)32-14-18/h6-9,11-13,17,28H,1-5,10,14H2,(H,30,31). The highest BCUT2D eigenvalue weighted by Crippen LogP contribution is 2.36. The van der Waals surface area contributed by atoms with Crippen LogP contribution in [0.25, 0.3) is 17.0 Å². The molecule has 1 aliphatic heterocycles. The number of aromatic nitrogens is 1. The lowest BCUT2D eigenvalue weighted by atomic mass is 9.90. The van der Waals surface area contributed by atoms with Gasteiger partial charge in [-0.1, -0.05) is 0 Å². The lowest BCUT2D eigenvalue weighted by molar-refractivity contribution is 0.0695. The molecule has 1 saturated carbocycles. The molecule has 7 heteroatoms. The summed E-state index contributed by atoms with van der Waals surface area (Å²) in [5.41, 5.74) is 3.19. The number of hydrogen-bond donors (Lipinski definition) is 2. The van der Waals surface area contributed by atoms with Crippen LogP contribution in [0.3, 0.4) is 0 Å². The number of aromatic carboxylic acids is 1. The Hall–Kier alpha value is -3.35. The molecular weight excluding hydrogens is 414 g/mol. The van der Waals surface area contributed by atoms with Gasteiger partial charge in [0.1, 0.15) is 12.4 Å². The van der Waals surface area contributed by atoms with E-state index in [0.717, 1.165) is 66.9 Å². The molecule has 0 saturated heterocycles. The number of carboxylic acids is 1. The highest BCUT2D eigenvalue weighted by Gasteiger charge is 2.30. The van der Waals surface area contributed by atoms with Crippen molar-refractivity contribution in [1.29, 1.82) is 0 Å². The lowest BCUT2D eigenvalue weighted by Crippen LogP contribution is -2.42. The number of fused-ring (bicyclic) bond motifs is 2. The monoisotopic (exact) mass is 438 g/mol. The largest absolute Gasteiger partial charge is 0.484 e. The van der Waals surface area contributed by atoms with E-state index in [0.29, 0.717) is 6.04 Å². The third kappa shape index (κ3) is 3.72. The van der Waals surface area contributed by atoms with Gasteiger partial charge in [-0.15, -0.1) is 0 Å². The summed E-state index contributed by atoms with van der Waals surface area (Å²) in [4.78, 5) is 17.1. The van der Waals surface area contributed by atoms with E-state index < -0.39 is 11.8 Å². The quantitative estimate of drug-likeness (QED) is 0.521. The van der Waals surface area contributed by atoms with Gasteiger partial charge in [-0.05, 0) is 74.1 Å². The van der Waals surface area contributed by atoms with Gasteiger partial charge >= 0.3 is 5.97 Å². The number of nitrogens with zero attached hydrogens (tertiary/aromatic N) is 1. The molecule has 1 aliphatic carbocycles. The first-order chi connectivity index (χ1) is 15.5. The summed E-state index contributed by atoms with van der Waals surface area (Å²) in [6.45, 7) is 0.969. The van der Waals surface area contributed by atoms with Crippen LogP contribution in [-0.2, 0) is 6.42 Å². The number of carbonyl (C=O) groups is 1. The molecule has 0 amide bonds. The van der Waals surface area contributed by atoms with Crippen molar-refractivity contribution < 1.29 is 23.4 Å². The fraction of sp³-hybridized carbons (Fsp3) is 0.320. The van der Waals surface area contributed by atoms with E-state index in [1.807, 2.05) is 6.20 Å². The summed E-state index contributed by atoms with van der Waals surface area (Å²) in [6, 6.07) is 7.53. The highest BCUT2D eigenvalue weighted by atomic mass is 19.1. The fourth-order valence-electron chi connectivity index (χ4n) is 4.63. The van der Waals surface area contributed by atoms with Crippen molar-refractivity contribution in [2.75, 3.05) is 13.2 Å². The Balaban J connectivity index is 1.38. The van der Waals surface area contributed by atoms with Crippen LogP contribution in [-0.4, -0.2) is 40.2 Å². The highest BCUT2D eigenvalue weighted by molar-refractivity contribution is 5.94. The van der Waals surface area contributed by atoms with Crippen molar-refractivity contribution >= 4 is 22.9 Å². The molecule has 2 aromatic carbocycles. The number of aryl methyl sites for hydroxylation is 1. The molecule has 0 atom stereocenters. The van der Waals surface area contributed by atoms with Gasteiger partial charge in [0, 0.05) is 35.2 Å². The molecule has 0 bridgehead atoms. The topological polar surface area (TPSA) is 65.6 Å². The van der Waals surface area contributed by atoms with Crippen LogP contribution < -0.4 is 4.74 Å². The first-order valence-electron chi connectivity index (χ1n) is 10.9. The third-order valence-electron chi connectivity index (χ3n) is 6.51. The molecule has 32 heavy (non-hydrogen) atoms. The smallest absolute Gasteiger partial charge is 0.336 e. The zero-order valence-corrected chi connectivity index (χ0v) is 17.5. The van der Waals surface area contributed by atoms with Crippen LogP contribution in [0.4, 0.5) is 8.78 Å².